The largest absolute Gasteiger partial charge is 0.493 e. The van der Waals surface area contributed by atoms with E-state index in [1.54, 1.807) is 21.3 Å². The van der Waals surface area contributed by atoms with E-state index in [1.807, 2.05) is 24.4 Å². The van der Waals surface area contributed by atoms with Gasteiger partial charge in [0.1, 0.15) is 0 Å². The number of fused-ring (bicyclic) bond motifs is 1. The van der Waals surface area contributed by atoms with Crippen LogP contribution in [0, 0.1) is 0 Å². The average Bonchev–Trinajstić information content (AvgIpc) is 2.72. The topological polar surface area (TPSA) is 53.1 Å². The summed E-state index contributed by atoms with van der Waals surface area (Å²) in [5.74, 6) is 1.86. The Kier molecular flexibility index (Phi) is 6.42. The van der Waals surface area contributed by atoms with E-state index in [0.29, 0.717) is 30.5 Å². The maximum absolute atomic E-state index is 6.23. The Bertz CT molecular complexity index is 784. The van der Waals surface area contributed by atoms with Crippen molar-refractivity contribution in [1.82, 2.24) is 9.88 Å². The fourth-order valence-corrected chi connectivity index (χ4v) is 4.04. The Morgan fingerprint density at radius 2 is 1.79 bits per heavy atom. The smallest absolute Gasteiger partial charge is 0.203 e. The predicted molar refractivity (Wildman–Crippen MR) is 108 cm³/mol. The first-order chi connectivity index (χ1) is 13.6. The lowest BCUT2D eigenvalue weighted by atomic mass is 9.78. The van der Waals surface area contributed by atoms with Crippen LogP contribution in [0.15, 0.2) is 30.5 Å². The summed E-state index contributed by atoms with van der Waals surface area (Å²) >= 11 is 0. The first kappa shape index (κ1) is 20.4. The molecule has 1 heterocycles. The summed E-state index contributed by atoms with van der Waals surface area (Å²) in [7, 11) is 9.07. The number of methoxy groups -OCH3 is 3. The van der Waals surface area contributed by atoms with Crippen molar-refractivity contribution in [1.29, 1.82) is 0 Å². The van der Waals surface area contributed by atoms with Gasteiger partial charge in [-0.25, -0.2) is 0 Å². The number of benzene rings is 1. The van der Waals surface area contributed by atoms with Crippen LogP contribution < -0.4 is 14.2 Å². The van der Waals surface area contributed by atoms with Gasteiger partial charge in [0.2, 0.25) is 5.75 Å². The maximum atomic E-state index is 6.23. The van der Waals surface area contributed by atoms with Crippen LogP contribution in [0.1, 0.15) is 29.7 Å². The number of pyridine rings is 1. The van der Waals surface area contributed by atoms with Gasteiger partial charge in [0.15, 0.2) is 11.5 Å². The molecular weight excluding hydrogens is 356 g/mol. The van der Waals surface area contributed by atoms with Gasteiger partial charge in [-0.3, -0.25) is 9.88 Å². The Hall–Kier alpha value is -2.31. The number of rotatable bonds is 8. The lowest BCUT2D eigenvalue weighted by Gasteiger charge is -2.43. The van der Waals surface area contributed by atoms with Crippen molar-refractivity contribution in [2.45, 2.75) is 31.4 Å². The van der Waals surface area contributed by atoms with Gasteiger partial charge in [-0.2, -0.15) is 0 Å². The van der Waals surface area contributed by atoms with E-state index >= 15 is 0 Å². The molecule has 1 aromatic carbocycles. The number of likely N-dealkylation sites (N-methyl/N-ethyl adjacent to an activating group) is 1. The average molecular weight is 386 g/mol. The highest BCUT2D eigenvalue weighted by atomic mass is 16.5. The second-order valence-electron chi connectivity index (χ2n) is 7.30. The van der Waals surface area contributed by atoms with E-state index in [9.17, 15) is 0 Å². The molecule has 0 saturated carbocycles. The zero-order valence-electron chi connectivity index (χ0n) is 17.4. The van der Waals surface area contributed by atoms with Gasteiger partial charge in [0.25, 0.3) is 0 Å². The molecule has 1 atom stereocenters. The highest BCUT2D eigenvalue weighted by Crippen LogP contribution is 2.40. The molecular formula is C22H30N2O4. The standard InChI is InChI=1S/C22H30N2O4/c1-24(2)22(10-6-9-18-17(22)8-7-11-23-18)15-28-14-16-12-19(25-3)21(27-5)20(13-16)26-4/h7-8,11-13H,6,9-10,14-15H2,1-5H3. The number of hydrogen-bond donors (Lipinski definition) is 0. The molecule has 0 radical (unpaired) electrons. The lowest BCUT2D eigenvalue weighted by Crippen LogP contribution is -2.48. The second-order valence-corrected chi connectivity index (χ2v) is 7.30. The van der Waals surface area contributed by atoms with Crippen LogP contribution in [-0.2, 0) is 23.3 Å². The Labute approximate surface area is 167 Å². The molecule has 0 amide bonds. The van der Waals surface area contributed by atoms with Crippen molar-refractivity contribution >= 4 is 0 Å². The van der Waals surface area contributed by atoms with Crippen LogP contribution in [0.5, 0.6) is 17.2 Å². The lowest BCUT2D eigenvalue weighted by molar-refractivity contribution is -0.00601. The molecule has 0 N–H and O–H groups in total. The van der Waals surface area contributed by atoms with Gasteiger partial charge in [-0.15, -0.1) is 0 Å². The van der Waals surface area contributed by atoms with Gasteiger partial charge in [-0.1, -0.05) is 6.07 Å². The van der Waals surface area contributed by atoms with E-state index < -0.39 is 0 Å². The number of hydrogen-bond acceptors (Lipinski definition) is 6. The van der Waals surface area contributed by atoms with Gasteiger partial charge < -0.3 is 18.9 Å². The summed E-state index contributed by atoms with van der Waals surface area (Å²) in [5, 5.41) is 0. The van der Waals surface area contributed by atoms with E-state index in [-0.39, 0.29) is 5.54 Å². The maximum Gasteiger partial charge on any atom is 0.203 e. The highest BCUT2D eigenvalue weighted by Gasteiger charge is 2.39. The fourth-order valence-electron chi connectivity index (χ4n) is 4.04. The summed E-state index contributed by atoms with van der Waals surface area (Å²) < 4.78 is 22.5. The third kappa shape index (κ3) is 3.80. The quantitative estimate of drug-likeness (QED) is 0.693. The SMILES string of the molecule is COc1cc(COCC2(N(C)C)CCCc3ncccc32)cc(OC)c1OC. The van der Waals surface area contributed by atoms with Gasteiger partial charge in [0.05, 0.1) is 40.1 Å². The molecule has 0 fully saturated rings. The van der Waals surface area contributed by atoms with Crippen LogP contribution in [-0.4, -0.2) is 51.9 Å². The minimum Gasteiger partial charge on any atom is -0.493 e. The van der Waals surface area contributed by atoms with Gasteiger partial charge in [-0.05, 0) is 62.7 Å². The summed E-state index contributed by atoms with van der Waals surface area (Å²) in [6, 6.07) is 8.06. The molecule has 0 saturated heterocycles. The van der Waals surface area contributed by atoms with Crippen molar-refractivity contribution in [3.05, 3.63) is 47.3 Å². The van der Waals surface area contributed by atoms with Gasteiger partial charge >= 0.3 is 0 Å². The molecule has 0 spiro atoms. The molecule has 1 aliphatic rings. The van der Waals surface area contributed by atoms with E-state index in [0.717, 1.165) is 24.8 Å². The van der Waals surface area contributed by atoms with Crippen LogP contribution in [0.3, 0.4) is 0 Å². The van der Waals surface area contributed by atoms with Crippen molar-refractivity contribution in [2.24, 2.45) is 0 Å². The molecule has 6 nitrogen and oxygen atoms in total. The Balaban J connectivity index is 1.80. The minimum atomic E-state index is -0.164. The van der Waals surface area contributed by atoms with Crippen molar-refractivity contribution < 1.29 is 18.9 Å². The Morgan fingerprint density at radius 1 is 1.07 bits per heavy atom. The highest BCUT2D eigenvalue weighted by molar-refractivity contribution is 5.53. The summed E-state index contributed by atoms with van der Waals surface area (Å²) in [6.07, 6.45) is 5.06. The molecule has 1 aliphatic carbocycles. The first-order valence-corrected chi connectivity index (χ1v) is 9.54. The summed E-state index contributed by atoms with van der Waals surface area (Å²) in [6.45, 7) is 1.05. The summed E-state index contributed by atoms with van der Waals surface area (Å²) in [4.78, 5) is 6.86. The number of aromatic nitrogens is 1. The molecule has 1 aromatic heterocycles. The van der Waals surface area contributed by atoms with Gasteiger partial charge in [0, 0.05) is 11.9 Å². The van der Waals surface area contributed by atoms with Crippen molar-refractivity contribution in [2.75, 3.05) is 42.0 Å². The molecule has 28 heavy (non-hydrogen) atoms. The fraction of sp³-hybridized carbons (Fsp3) is 0.500. The molecule has 2 aromatic rings. The van der Waals surface area contributed by atoms with E-state index in [4.69, 9.17) is 18.9 Å². The molecule has 152 valence electrons. The molecule has 0 bridgehead atoms. The Morgan fingerprint density at radius 3 is 2.39 bits per heavy atom. The van der Waals surface area contributed by atoms with E-state index in [2.05, 4.69) is 30.0 Å². The molecule has 1 unspecified atom stereocenters. The third-order valence-electron chi connectivity index (χ3n) is 5.59. The minimum absolute atomic E-state index is 0.164. The zero-order valence-corrected chi connectivity index (χ0v) is 17.4. The summed E-state index contributed by atoms with van der Waals surface area (Å²) in [5.41, 5.74) is 3.27. The van der Waals surface area contributed by atoms with E-state index in [1.165, 1.54) is 11.3 Å². The number of ether oxygens (including phenoxy) is 4. The molecule has 6 heteroatoms. The molecule has 0 aliphatic heterocycles. The van der Waals surface area contributed by atoms with Crippen LogP contribution in [0.2, 0.25) is 0 Å². The first-order valence-electron chi connectivity index (χ1n) is 9.54. The monoisotopic (exact) mass is 386 g/mol. The third-order valence-corrected chi connectivity index (χ3v) is 5.59. The normalized spacial score (nSPS) is 18.6. The molecule has 3 rings (SSSR count). The number of nitrogens with zero attached hydrogens (tertiary/aromatic N) is 2. The van der Waals surface area contributed by atoms with Crippen LogP contribution in [0.25, 0.3) is 0 Å². The number of aryl methyl sites for hydroxylation is 1. The zero-order chi connectivity index (χ0) is 20.1. The van der Waals surface area contributed by atoms with Crippen molar-refractivity contribution in [3.63, 3.8) is 0 Å². The van der Waals surface area contributed by atoms with Crippen molar-refractivity contribution in [3.8, 4) is 17.2 Å². The second kappa shape index (κ2) is 8.80. The van der Waals surface area contributed by atoms with Crippen LogP contribution in [0.4, 0.5) is 0 Å². The predicted octanol–water partition coefficient (Wildman–Crippen LogP) is 3.42. The van der Waals surface area contributed by atoms with Crippen LogP contribution >= 0.6 is 0 Å².